The number of nitro groups is 1. The van der Waals surface area contributed by atoms with E-state index in [1.165, 1.54) is 35.6 Å². The Morgan fingerprint density at radius 3 is 2.89 bits per heavy atom. The molecule has 0 atom stereocenters. The molecule has 0 aliphatic carbocycles. The number of halogens is 1. The first-order valence-electron chi connectivity index (χ1n) is 8.36. The van der Waals surface area contributed by atoms with Crippen molar-refractivity contribution in [1.82, 2.24) is 4.57 Å². The summed E-state index contributed by atoms with van der Waals surface area (Å²) in [4.78, 5) is 27.5. The second kappa shape index (κ2) is 9.00. The second-order valence-corrected chi connectivity index (χ2v) is 7.64. The molecular formula is C18H16FN3O4S2. The average molecular weight is 421 g/mol. The van der Waals surface area contributed by atoms with E-state index in [2.05, 4.69) is 4.99 Å². The number of nitrogens with zero attached hydrogens (tertiary/aromatic N) is 3. The van der Waals surface area contributed by atoms with Gasteiger partial charge in [-0.3, -0.25) is 14.9 Å². The average Bonchev–Trinajstić information content (AvgIpc) is 3.26. The molecule has 0 radical (unpaired) electrons. The lowest BCUT2D eigenvalue weighted by Crippen LogP contribution is -2.19. The number of thiophene rings is 1. The highest BCUT2D eigenvalue weighted by molar-refractivity contribution is 7.16. The highest BCUT2D eigenvalue weighted by Crippen LogP contribution is 2.25. The molecule has 1 aromatic carbocycles. The van der Waals surface area contributed by atoms with E-state index in [1.54, 1.807) is 22.8 Å². The van der Waals surface area contributed by atoms with Crippen LogP contribution in [0.5, 0.6) is 0 Å². The van der Waals surface area contributed by atoms with Gasteiger partial charge in [0, 0.05) is 30.2 Å². The quantitative estimate of drug-likeness (QED) is 0.250. The number of rotatable bonds is 7. The lowest BCUT2D eigenvalue weighted by Gasteiger charge is -2.05. The second-order valence-electron chi connectivity index (χ2n) is 5.54. The molecule has 28 heavy (non-hydrogen) atoms. The molecule has 0 saturated carbocycles. The predicted molar refractivity (Wildman–Crippen MR) is 107 cm³/mol. The van der Waals surface area contributed by atoms with E-state index in [1.807, 2.05) is 6.92 Å². The van der Waals surface area contributed by atoms with Gasteiger partial charge in [0.2, 0.25) is 0 Å². The van der Waals surface area contributed by atoms with Gasteiger partial charge < -0.3 is 9.30 Å². The van der Waals surface area contributed by atoms with Crippen LogP contribution in [0.25, 0.3) is 16.3 Å². The smallest absolute Gasteiger partial charge is 0.324 e. The minimum Gasteiger partial charge on any atom is -0.380 e. The Morgan fingerprint density at radius 2 is 2.18 bits per heavy atom. The van der Waals surface area contributed by atoms with E-state index in [9.17, 15) is 19.3 Å². The molecule has 0 saturated heterocycles. The van der Waals surface area contributed by atoms with Crippen LogP contribution in [-0.2, 0) is 16.1 Å². The lowest BCUT2D eigenvalue weighted by molar-refractivity contribution is -0.380. The molecule has 2 heterocycles. The molecule has 0 aliphatic heterocycles. The minimum atomic E-state index is -0.534. The van der Waals surface area contributed by atoms with Gasteiger partial charge in [0.1, 0.15) is 5.82 Å². The maximum atomic E-state index is 14.3. The summed E-state index contributed by atoms with van der Waals surface area (Å²) in [6.45, 7) is 3.13. The molecule has 3 rings (SSSR count). The molecule has 2 aromatic heterocycles. The van der Waals surface area contributed by atoms with Crippen LogP contribution in [0.4, 0.5) is 9.39 Å². The summed E-state index contributed by atoms with van der Waals surface area (Å²) in [7, 11) is 0. The highest BCUT2D eigenvalue weighted by atomic mass is 32.1. The minimum absolute atomic E-state index is 0.00205. The summed E-state index contributed by atoms with van der Waals surface area (Å²) < 4.78 is 22.0. The molecule has 0 bridgehead atoms. The number of hydrogen-bond acceptors (Lipinski definition) is 6. The fraction of sp³-hybridized carbons (Fsp3) is 0.222. The van der Waals surface area contributed by atoms with Gasteiger partial charge in [0.05, 0.1) is 21.7 Å². The van der Waals surface area contributed by atoms with Crippen molar-refractivity contribution in [2.45, 2.75) is 13.5 Å². The van der Waals surface area contributed by atoms with Crippen LogP contribution >= 0.6 is 22.7 Å². The number of carbonyl (C=O) groups excluding carboxylic acids is 1. The summed E-state index contributed by atoms with van der Waals surface area (Å²) in [6.07, 6.45) is 2.71. The van der Waals surface area contributed by atoms with Gasteiger partial charge >= 0.3 is 5.00 Å². The van der Waals surface area contributed by atoms with Crippen molar-refractivity contribution in [3.05, 3.63) is 62.0 Å². The molecule has 146 valence electrons. The molecule has 7 nitrogen and oxygen atoms in total. The zero-order chi connectivity index (χ0) is 20.1. The van der Waals surface area contributed by atoms with Crippen molar-refractivity contribution in [3.8, 4) is 0 Å². The first-order valence-corrected chi connectivity index (χ1v) is 9.99. The summed E-state index contributed by atoms with van der Waals surface area (Å²) >= 11 is 2.18. The largest absolute Gasteiger partial charge is 0.380 e. The van der Waals surface area contributed by atoms with Crippen LogP contribution in [0.2, 0.25) is 0 Å². The van der Waals surface area contributed by atoms with Crippen LogP contribution in [0.15, 0.2) is 41.4 Å². The highest BCUT2D eigenvalue weighted by Gasteiger charge is 2.12. The third-order valence-electron chi connectivity index (χ3n) is 3.70. The Labute approximate surface area is 167 Å². The van der Waals surface area contributed by atoms with E-state index in [0.717, 1.165) is 11.3 Å². The molecule has 3 aromatic rings. The van der Waals surface area contributed by atoms with E-state index < -0.39 is 10.8 Å². The summed E-state index contributed by atoms with van der Waals surface area (Å²) in [5, 5.41) is 10.7. The van der Waals surface area contributed by atoms with Crippen molar-refractivity contribution in [3.63, 3.8) is 0 Å². The normalized spacial score (nSPS) is 12.3. The van der Waals surface area contributed by atoms with Crippen molar-refractivity contribution in [2.24, 2.45) is 4.99 Å². The third-order valence-corrected chi connectivity index (χ3v) is 5.75. The molecule has 0 N–H and O–H groups in total. The maximum Gasteiger partial charge on any atom is 0.324 e. The Balaban J connectivity index is 1.91. The number of para-hydroxylation sites is 1. The van der Waals surface area contributed by atoms with Crippen LogP contribution in [0.1, 0.15) is 11.8 Å². The lowest BCUT2D eigenvalue weighted by atomic mass is 10.3. The summed E-state index contributed by atoms with van der Waals surface area (Å²) in [6, 6.07) is 7.67. The predicted octanol–water partition coefficient (Wildman–Crippen LogP) is 3.99. The van der Waals surface area contributed by atoms with E-state index >= 15 is 0 Å². The van der Waals surface area contributed by atoms with Gasteiger partial charge in [-0.2, -0.15) is 4.99 Å². The Hall–Kier alpha value is -2.69. The van der Waals surface area contributed by atoms with E-state index in [0.29, 0.717) is 39.7 Å². The van der Waals surface area contributed by atoms with Crippen molar-refractivity contribution >= 4 is 49.9 Å². The zero-order valence-corrected chi connectivity index (χ0v) is 16.5. The Bertz CT molecular complexity index is 1110. The topological polar surface area (TPSA) is 86.7 Å². The molecule has 0 spiro atoms. The van der Waals surface area contributed by atoms with Crippen molar-refractivity contribution < 1.29 is 18.8 Å². The molecule has 0 fully saturated rings. The molecular weight excluding hydrogens is 405 g/mol. The van der Waals surface area contributed by atoms with E-state index in [4.69, 9.17) is 4.74 Å². The van der Waals surface area contributed by atoms with Gasteiger partial charge in [-0.15, -0.1) is 0 Å². The summed E-state index contributed by atoms with van der Waals surface area (Å²) in [5.74, 6) is -0.922. The number of carbonyl (C=O) groups is 1. The van der Waals surface area contributed by atoms with Crippen LogP contribution < -0.4 is 4.80 Å². The van der Waals surface area contributed by atoms with Crippen molar-refractivity contribution in [2.75, 3.05) is 13.2 Å². The monoisotopic (exact) mass is 421 g/mol. The van der Waals surface area contributed by atoms with Gasteiger partial charge in [-0.25, -0.2) is 4.39 Å². The summed E-state index contributed by atoms with van der Waals surface area (Å²) in [5.41, 5.74) is 0.386. The first-order chi connectivity index (χ1) is 13.5. The standard InChI is InChI=1S/C18H16FN3O4S2/c1-2-26-11-10-21-17-13(19)4-3-5-14(17)28-18(21)20-15(23)8-6-12-7-9-16(27-12)22(24)25/h3-9H,2,10-11H2,1H3/b8-6+,20-18?. The SMILES string of the molecule is CCOCCn1c(=NC(=O)/C=C/c2ccc([N+](=O)[O-])s2)sc2cccc(F)c21. The fourth-order valence-electron chi connectivity index (χ4n) is 2.49. The van der Waals surface area contributed by atoms with E-state index in [-0.39, 0.29) is 10.8 Å². The van der Waals surface area contributed by atoms with Crippen LogP contribution in [0, 0.1) is 15.9 Å². The molecule has 1 amide bonds. The number of fused-ring (bicyclic) bond motifs is 1. The zero-order valence-electron chi connectivity index (χ0n) is 14.8. The Morgan fingerprint density at radius 1 is 1.36 bits per heavy atom. The van der Waals surface area contributed by atoms with Crippen LogP contribution in [0.3, 0.4) is 0 Å². The number of benzene rings is 1. The number of thiazole rings is 1. The molecule has 0 aliphatic rings. The van der Waals surface area contributed by atoms with Gasteiger partial charge in [0.15, 0.2) is 4.80 Å². The number of hydrogen-bond donors (Lipinski definition) is 0. The van der Waals surface area contributed by atoms with Crippen molar-refractivity contribution in [1.29, 1.82) is 0 Å². The third kappa shape index (κ3) is 4.58. The van der Waals surface area contributed by atoms with Gasteiger partial charge in [0.25, 0.3) is 5.91 Å². The fourth-order valence-corrected chi connectivity index (χ4v) is 4.29. The maximum absolute atomic E-state index is 14.3. The van der Waals surface area contributed by atoms with Gasteiger partial charge in [-0.1, -0.05) is 28.7 Å². The number of amides is 1. The number of aromatic nitrogens is 1. The van der Waals surface area contributed by atoms with Gasteiger partial charge in [-0.05, 0) is 31.2 Å². The molecule has 10 heteroatoms. The van der Waals surface area contributed by atoms with Crippen LogP contribution in [-0.4, -0.2) is 28.6 Å². The first kappa shape index (κ1) is 20.1. The molecule has 0 unspecified atom stereocenters. The number of ether oxygens (including phenoxy) is 1. The Kier molecular flexibility index (Phi) is 6.45.